The van der Waals surface area contributed by atoms with Crippen LogP contribution in [-0.2, 0) is 4.74 Å². The number of aryl methyl sites for hydroxylation is 1. The Bertz CT molecular complexity index is 241. The molecule has 0 amide bonds. The molecule has 1 fully saturated rings. The van der Waals surface area contributed by atoms with Gasteiger partial charge in [-0.1, -0.05) is 0 Å². The van der Waals surface area contributed by atoms with Crippen molar-refractivity contribution in [3.63, 3.8) is 0 Å². The summed E-state index contributed by atoms with van der Waals surface area (Å²) in [5, 5.41) is 0. The van der Waals surface area contributed by atoms with Gasteiger partial charge in [-0.25, -0.2) is 0 Å². The summed E-state index contributed by atoms with van der Waals surface area (Å²) in [4.78, 5) is 8.42. The number of aromatic nitrogens is 2. The monoisotopic (exact) mass is 150 g/mol. The van der Waals surface area contributed by atoms with Crippen molar-refractivity contribution in [2.24, 2.45) is 0 Å². The van der Waals surface area contributed by atoms with E-state index in [0.29, 0.717) is 5.92 Å². The van der Waals surface area contributed by atoms with E-state index in [4.69, 9.17) is 4.74 Å². The van der Waals surface area contributed by atoms with Crippen LogP contribution in [0.4, 0.5) is 0 Å². The van der Waals surface area contributed by atoms with E-state index < -0.39 is 0 Å². The fraction of sp³-hybridized carbons (Fsp3) is 0.500. The van der Waals surface area contributed by atoms with Crippen LogP contribution in [0.3, 0.4) is 0 Å². The van der Waals surface area contributed by atoms with Gasteiger partial charge in [0.1, 0.15) is 0 Å². The van der Waals surface area contributed by atoms with Crippen molar-refractivity contribution in [3.8, 4) is 0 Å². The van der Waals surface area contributed by atoms with Crippen molar-refractivity contribution < 1.29 is 4.74 Å². The van der Waals surface area contributed by atoms with Crippen molar-refractivity contribution in [1.82, 2.24) is 9.97 Å². The molecule has 11 heavy (non-hydrogen) atoms. The molecule has 1 saturated heterocycles. The molecule has 0 unspecified atom stereocenters. The Morgan fingerprint density at radius 1 is 1.36 bits per heavy atom. The molecule has 2 heterocycles. The fourth-order valence-electron chi connectivity index (χ4n) is 1.02. The van der Waals surface area contributed by atoms with Crippen LogP contribution < -0.4 is 0 Å². The van der Waals surface area contributed by atoms with Gasteiger partial charge in [-0.05, 0) is 6.92 Å². The maximum atomic E-state index is 5.05. The lowest BCUT2D eigenvalue weighted by Gasteiger charge is -2.24. The molecule has 1 aromatic rings. The molecule has 0 bridgehead atoms. The summed E-state index contributed by atoms with van der Waals surface area (Å²) in [6.07, 6.45) is 3.64. The lowest BCUT2D eigenvalue weighted by Crippen LogP contribution is -2.26. The highest BCUT2D eigenvalue weighted by atomic mass is 16.5. The highest BCUT2D eigenvalue weighted by Crippen LogP contribution is 2.20. The first-order valence-corrected chi connectivity index (χ1v) is 3.72. The molecule has 0 aromatic carbocycles. The highest BCUT2D eigenvalue weighted by molar-refractivity contribution is 5.08. The summed E-state index contributed by atoms with van der Waals surface area (Å²) in [6.45, 7) is 3.55. The molecular weight excluding hydrogens is 140 g/mol. The third kappa shape index (κ3) is 1.24. The fourth-order valence-corrected chi connectivity index (χ4v) is 1.02. The van der Waals surface area contributed by atoms with Gasteiger partial charge in [0.2, 0.25) is 0 Å². The first kappa shape index (κ1) is 6.73. The molecule has 58 valence electrons. The summed E-state index contributed by atoms with van der Waals surface area (Å²) in [5.74, 6) is 0.489. The molecule has 3 heteroatoms. The zero-order chi connectivity index (χ0) is 7.68. The number of hydrogen-bond donors (Lipinski definition) is 0. The number of rotatable bonds is 1. The van der Waals surface area contributed by atoms with E-state index >= 15 is 0 Å². The van der Waals surface area contributed by atoms with E-state index in [1.807, 2.05) is 13.1 Å². The quantitative estimate of drug-likeness (QED) is 0.596. The van der Waals surface area contributed by atoms with Gasteiger partial charge < -0.3 is 4.74 Å². The number of hydrogen-bond acceptors (Lipinski definition) is 3. The predicted molar refractivity (Wildman–Crippen MR) is 40.3 cm³/mol. The first-order valence-electron chi connectivity index (χ1n) is 3.72. The Morgan fingerprint density at radius 2 is 2.18 bits per heavy atom. The van der Waals surface area contributed by atoms with Gasteiger partial charge in [0.25, 0.3) is 0 Å². The van der Waals surface area contributed by atoms with Gasteiger partial charge in [0.05, 0.1) is 24.6 Å². The Labute approximate surface area is 65.4 Å². The van der Waals surface area contributed by atoms with Gasteiger partial charge in [0, 0.05) is 18.3 Å². The van der Waals surface area contributed by atoms with Crippen LogP contribution in [0.1, 0.15) is 17.3 Å². The second kappa shape index (κ2) is 2.58. The topological polar surface area (TPSA) is 35.0 Å². The zero-order valence-electron chi connectivity index (χ0n) is 6.45. The van der Waals surface area contributed by atoms with Gasteiger partial charge in [0.15, 0.2) is 0 Å². The van der Waals surface area contributed by atoms with E-state index in [9.17, 15) is 0 Å². The summed E-state index contributed by atoms with van der Waals surface area (Å²) >= 11 is 0. The minimum atomic E-state index is 0.489. The average Bonchev–Trinajstić information content (AvgIpc) is 1.90. The van der Waals surface area contributed by atoms with Crippen LogP contribution in [0.25, 0.3) is 0 Å². The molecule has 0 aliphatic carbocycles. The Balaban J connectivity index is 2.18. The summed E-state index contributed by atoms with van der Waals surface area (Å²) < 4.78 is 5.05. The first-order chi connectivity index (χ1) is 5.36. The van der Waals surface area contributed by atoms with Crippen LogP contribution in [0, 0.1) is 6.92 Å². The van der Waals surface area contributed by atoms with Crippen molar-refractivity contribution in [2.45, 2.75) is 12.8 Å². The van der Waals surface area contributed by atoms with Crippen LogP contribution in [0.5, 0.6) is 0 Å². The van der Waals surface area contributed by atoms with E-state index in [-0.39, 0.29) is 0 Å². The second-order valence-corrected chi connectivity index (χ2v) is 2.82. The van der Waals surface area contributed by atoms with E-state index in [1.165, 1.54) is 0 Å². The maximum Gasteiger partial charge on any atom is 0.0663 e. The molecule has 0 radical (unpaired) electrons. The van der Waals surface area contributed by atoms with Gasteiger partial charge in [-0.2, -0.15) is 0 Å². The Hall–Kier alpha value is -0.960. The Kier molecular flexibility index (Phi) is 1.58. The average molecular weight is 150 g/mol. The summed E-state index contributed by atoms with van der Waals surface area (Å²) in [6, 6.07) is 0. The Morgan fingerprint density at radius 3 is 2.64 bits per heavy atom. The normalized spacial score (nSPS) is 17.9. The van der Waals surface area contributed by atoms with Gasteiger partial charge in [-0.3, -0.25) is 9.97 Å². The molecule has 1 aromatic heterocycles. The second-order valence-electron chi connectivity index (χ2n) is 2.82. The lowest BCUT2D eigenvalue weighted by molar-refractivity contribution is 0.00655. The van der Waals surface area contributed by atoms with E-state index in [1.54, 1.807) is 6.20 Å². The van der Waals surface area contributed by atoms with Crippen LogP contribution in [0.15, 0.2) is 12.4 Å². The highest BCUT2D eigenvalue weighted by Gasteiger charge is 2.21. The summed E-state index contributed by atoms with van der Waals surface area (Å²) in [7, 11) is 0. The third-order valence-corrected chi connectivity index (χ3v) is 1.86. The molecular formula is C8H10N2O. The largest absolute Gasteiger partial charge is 0.380 e. The minimum Gasteiger partial charge on any atom is -0.380 e. The van der Waals surface area contributed by atoms with Crippen LogP contribution >= 0.6 is 0 Å². The minimum absolute atomic E-state index is 0.489. The molecule has 1 aliphatic heterocycles. The van der Waals surface area contributed by atoms with Gasteiger partial charge >= 0.3 is 0 Å². The summed E-state index contributed by atoms with van der Waals surface area (Å²) in [5.41, 5.74) is 2.02. The zero-order valence-corrected chi connectivity index (χ0v) is 6.45. The van der Waals surface area contributed by atoms with E-state index in [2.05, 4.69) is 9.97 Å². The number of nitrogens with zero attached hydrogens (tertiary/aromatic N) is 2. The number of ether oxygens (including phenoxy) is 1. The molecule has 0 saturated carbocycles. The predicted octanol–water partition coefficient (Wildman–Crippen LogP) is 0.899. The van der Waals surface area contributed by atoms with Crippen LogP contribution in [0.2, 0.25) is 0 Å². The van der Waals surface area contributed by atoms with Crippen molar-refractivity contribution in [1.29, 1.82) is 0 Å². The molecule has 0 atom stereocenters. The van der Waals surface area contributed by atoms with Crippen LogP contribution in [-0.4, -0.2) is 23.2 Å². The smallest absolute Gasteiger partial charge is 0.0663 e. The van der Waals surface area contributed by atoms with E-state index in [0.717, 1.165) is 24.6 Å². The lowest BCUT2D eigenvalue weighted by atomic mass is 10.1. The third-order valence-electron chi connectivity index (χ3n) is 1.86. The van der Waals surface area contributed by atoms with Gasteiger partial charge in [-0.15, -0.1) is 0 Å². The van der Waals surface area contributed by atoms with Crippen molar-refractivity contribution >= 4 is 0 Å². The maximum absolute atomic E-state index is 5.05. The molecule has 3 nitrogen and oxygen atoms in total. The molecule has 1 aliphatic rings. The molecule has 0 spiro atoms. The molecule has 2 rings (SSSR count). The molecule has 0 N–H and O–H groups in total. The SMILES string of the molecule is Cc1cnc(C2COC2)cn1. The van der Waals surface area contributed by atoms with Crippen molar-refractivity contribution in [2.75, 3.05) is 13.2 Å². The van der Waals surface area contributed by atoms with Crippen molar-refractivity contribution in [3.05, 3.63) is 23.8 Å². The standard InChI is InChI=1S/C8H10N2O/c1-6-2-10-8(3-9-6)7-4-11-5-7/h2-3,7H,4-5H2,1H3.